The summed E-state index contributed by atoms with van der Waals surface area (Å²) in [7, 11) is 1.63. The Kier molecular flexibility index (Phi) is 4.84. The predicted octanol–water partition coefficient (Wildman–Crippen LogP) is -3.19. The van der Waals surface area contributed by atoms with Gasteiger partial charge in [0.1, 0.15) is 0 Å². The third-order valence-corrected chi connectivity index (χ3v) is 2.39. The van der Waals surface area contributed by atoms with Crippen molar-refractivity contribution in [3.63, 3.8) is 0 Å². The summed E-state index contributed by atoms with van der Waals surface area (Å²) in [5, 5.41) is 10.7. The van der Waals surface area contributed by atoms with Gasteiger partial charge in [0.2, 0.25) is 5.56 Å². The smallest absolute Gasteiger partial charge is 0.545 e. The Morgan fingerprint density at radius 1 is 1.28 bits per heavy atom. The van der Waals surface area contributed by atoms with Gasteiger partial charge in [-0.25, -0.2) is 0 Å². The minimum absolute atomic E-state index is 0. The zero-order chi connectivity index (χ0) is 12.4. The molecule has 0 aliphatic heterocycles. The zero-order valence-electron chi connectivity index (χ0n) is 10.1. The van der Waals surface area contributed by atoms with E-state index in [1.165, 1.54) is 29.1 Å². The van der Waals surface area contributed by atoms with Gasteiger partial charge in [0, 0.05) is 42.8 Å². The largest absolute Gasteiger partial charge is 1.00 e. The molecule has 18 heavy (non-hydrogen) atoms. The number of aryl methyl sites for hydroxylation is 1. The number of rotatable bonds is 2. The van der Waals surface area contributed by atoms with Gasteiger partial charge in [0.25, 0.3) is 0 Å². The molecule has 2 heterocycles. The molecule has 0 spiro atoms. The quantitative estimate of drug-likeness (QED) is 0.528. The summed E-state index contributed by atoms with van der Waals surface area (Å²) in [6, 6.07) is 4.50. The van der Waals surface area contributed by atoms with Gasteiger partial charge in [-0.1, -0.05) is 0 Å². The first kappa shape index (κ1) is 14.6. The van der Waals surface area contributed by atoms with Crippen LogP contribution in [0.15, 0.2) is 41.6 Å². The van der Waals surface area contributed by atoms with E-state index in [9.17, 15) is 14.7 Å². The second-order valence-electron chi connectivity index (χ2n) is 3.62. The van der Waals surface area contributed by atoms with Gasteiger partial charge in [0.15, 0.2) is 0 Å². The molecule has 0 unspecified atom stereocenters. The first-order valence-corrected chi connectivity index (χ1v) is 4.91. The predicted molar refractivity (Wildman–Crippen MR) is 59.2 cm³/mol. The minimum atomic E-state index is -1.27. The summed E-state index contributed by atoms with van der Waals surface area (Å²) in [4.78, 5) is 25.7. The molecule has 0 atom stereocenters. The fourth-order valence-corrected chi connectivity index (χ4v) is 1.47. The molecule has 86 valence electrons. The number of carboxylic acids is 1. The molecule has 0 fully saturated rings. The van der Waals surface area contributed by atoms with Gasteiger partial charge in [-0.05, 0) is 17.7 Å². The van der Waals surface area contributed by atoms with Gasteiger partial charge in [-0.3, -0.25) is 9.78 Å². The Bertz CT molecular complexity index is 637. The number of carboxylic acid groups (broad SMARTS) is 1. The number of aromatic carboxylic acids is 1. The molecule has 0 saturated carbocycles. The van der Waals surface area contributed by atoms with Crippen LogP contribution in [0.2, 0.25) is 0 Å². The molecule has 2 aromatic rings. The van der Waals surface area contributed by atoms with Crippen LogP contribution in [-0.2, 0) is 7.05 Å². The normalized spacial score (nSPS) is 9.61. The van der Waals surface area contributed by atoms with Gasteiger partial charge < -0.3 is 14.5 Å². The molecular formula is C12H9N2NaO3. The second-order valence-corrected chi connectivity index (χ2v) is 3.62. The molecule has 0 N–H and O–H groups in total. The number of hydrogen-bond donors (Lipinski definition) is 0. The fraction of sp³-hybridized carbons (Fsp3) is 0.0833. The number of hydrogen-bond acceptors (Lipinski definition) is 4. The van der Waals surface area contributed by atoms with Crippen LogP contribution < -0.4 is 40.2 Å². The molecule has 0 aliphatic rings. The summed E-state index contributed by atoms with van der Waals surface area (Å²) in [6.07, 6.45) is 4.38. The number of carbonyl (C=O) groups is 1. The maximum absolute atomic E-state index is 11.2. The molecule has 2 rings (SSSR count). The van der Waals surface area contributed by atoms with Crippen LogP contribution in [0.4, 0.5) is 0 Å². The molecule has 6 heteroatoms. The molecule has 2 aromatic heterocycles. The average Bonchev–Trinajstić information content (AvgIpc) is 2.33. The van der Waals surface area contributed by atoms with E-state index < -0.39 is 5.97 Å². The molecule has 0 aliphatic carbocycles. The molecule has 0 bridgehead atoms. The Morgan fingerprint density at radius 3 is 2.61 bits per heavy atom. The SMILES string of the molecule is Cn1cc(-c2cncc(C(=O)[O-])c2)ccc1=O.[Na+]. The number of pyridine rings is 2. The summed E-state index contributed by atoms with van der Waals surface area (Å²) >= 11 is 0. The van der Waals surface area contributed by atoms with E-state index >= 15 is 0 Å². The topological polar surface area (TPSA) is 75.0 Å². The van der Waals surface area contributed by atoms with E-state index in [1.54, 1.807) is 19.3 Å². The van der Waals surface area contributed by atoms with Crippen molar-refractivity contribution in [3.05, 3.63) is 52.7 Å². The van der Waals surface area contributed by atoms with Crippen molar-refractivity contribution in [3.8, 4) is 11.1 Å². The summed E-state index contributed by atoms with van der Waals surface area (Å²) in [5.41, 5.74) is 1.24. The number of aromatic nitrogens is 2. The zero-order valence-corrected chi connectivity index (χ0v) is 12.1. The van der Waals surface area contributed by atoms with Gasteiger partial charge in [0.05, 0.1) is 5.97 Å². The standard InChI is InChI=1S/C12H10N2O3.Na/c1-14-7-8(2-3-11(14)15)9-4-10(12(16)17)6-13-5-9;/h2-7H,1H3,(H,16,17);/q;+1/p-1. The molecule has 0 amide bonds. The number of nitrogens with zero attached hydrogens (tertiary/aromatic N) is 2. The maximum atomic E-state index is 11.2. The van der Waals surface area contributed by atoms with Gasteiger partial charge in [-0.15, -0.1) is 0 Å². The van der Waals surface area contributed by atoms with Crippen LogP contribution in [0.1, 0.15) is 10.4 Å². The van der Waals surface area contributed by atoms with Crippen molar-refractivity contribution < 1.29 is 39.5 Å². The van der Waals surface area contributed by atoms with Gasteiger partial charge in [-0.2, -0.15) is 0 Å². The van der Waals surface area contributed by atoms with Crippen LogP contribution in [0.5, 0.6) is 0 Å². The summed E-state index contributed by atoms with van der Waals surface area (Å²) < 4.78 is 1.42. The van der Waals surface area contributed by atoms with E-state index in [-0.39, 0.29) is 40.7 Å². The Hall–Kier alpha value is -1.43. The minimum Gasteiger partial charge on any atom is -0.545 e. The first-order valence-electron chi connectivity index (χ1n) is 4.91. The molecule has 5 nitrogen and oxygen atoms in total. The monoisotopic (exact) mass is 252 g/mol. The molecule has 0 aromatic carbocycles. The molecule has 0 radical (unpaired) electrons. The summed E-state index contributed by atoms with van der Waals surface area (Å²) in [6.45, 7) is 0. The third kappa shape index (κ3) is 3.07. The first-order chi connectivity index (χ1) is 8.08. The second kappa shape index (κ2) is 5.95. The van der Waals surface area contributed by atoms with Crippen LogP contribution >= 0.6 is 0 Å². The number of carbonyl (C=O) groups excluding carboxylic acids is 1. The van der Waals surface area contributed by atoms with Crippen LogP contribution in [0.25, 0.3) is 11.1 Å². The molecular weight excluding hydrogens is 243 g/mol. The van der Waals surface area contributed by atoms with E-state index in [4.69, 9.17) is 0 Å². The van der Waals surface area contributed by atoms with Crippen LogP contribution in [-0.4, -0.2) is 15.5 Å². The van der Waals surface area contributed by atoms with E-state index in [2.05, 4.69) is 4.98 Å². The van der Waals surface area contributed by atoms with E-state index in [1.807, 2.05) is 0 Å². The summed E-state index contributed by atoms with van der Waals surface area (Å²) in [5.74, 6) is -1.27. The maximum Gasteiger partial charge on any atom is 1.00 e. The van der Waals surface area contributed by atoms with Crippen molar-refractivity contribution in [1.82, 2.24) is 9.55 Å². The Morgan fingerprint density at radius 2 is 2.00 bits per heavy atom. The Balaban J connectivity index is 0.00000162. The van der Waals surface area contributed by atoms with Crippen LogP contribution in [0.3, 0.4) is 0 Å². The van der Waals surface area contributed by atoms with E-state index in [0.29, 0.717) is 5.56 Å². The van der Waals surface area contributed by atoms with Gasteiger partial charge >= 0.3 is 29.6 Å². The van der Waals surface area contributed by atoms with Crippen LogP contribution in [0, 0.1) is 0 Å². The van der Waals surface area contributed by atoms with Crippen molar-refractivity contribution in [2.45, 2.75) is 0 Å². The molecule has 0 saturated heterocycles. The van der Waals surface area contributed by atoms with E-state index in [0.717, 1.165) is 5.56 Å². The van der Waals surface area contributed by atoms with Crippen molar-refractivity contribution in [2.75, 3.05) is 0 Å². The van der Waals surface area contributed by atoms with Crippen molar-refractivity contribution in [1.29, 1.82) is 0 Å². The van der Waals surface area contributed by atoms with Crippen molar-refractivity contribution >= 4 is 5.97 Å². The fourth-order valence-electron chi connectivity index (χ4n) is 1.47. The Labute approximate surface area is 125 Å². The van der Waals surface area contributed by atoms with Crippen molar-refractivity contribution in [2.24, 2.45) is 7.05 Å². The third-order valence-electron chi connectivity index (χ3n) is 2.39. The average molecular weight is 252 g/mol.